The molecule has 0 fully saturated rings. The van der Waals surface area contributed by atoms with Gasteiger partial charge in [0.1, 0.15) is 0 Å². The molecule has 0 aliphatic heterocycles. The van der Waals surface area contributed by atoms with Crippen molar-refractivity contribution in [3.8, 4) is 0 Å². The van der Waals surface area contributed by atoms with Crippen molar-refractivity contribution in [3.63, 3.8) is 0 Å². The normalized spacial score (nSPS) is 15.4. The van der Waals surface area contributed by atoms with E-state index >= 15 is 0 Å². The van der Waals surface area contributed by atoms with Gasteiger partial charge >= 0.3 is 0 Å². The van der Waals surface area contributed by atoms with E-state index in [1.54, 1.807) is 0 Å². The van der Waals surface area contributed by atoms with E-state index in [1.165, 1.54) is 44.6 Å². The minimum atomic E-state index is -0.727. The predicted octanol–water partition coefficient (Wildman–Crippen LogP) is 13.7. The molecular weight excluding hydrogens is 572 g/mol. The second-order valence-corrected chi connectivity index (χ2v) is 14.6. The van der Waals surface area contributed by atoms with Crippen molar-refractivity contribution >= 4 is 0 Å². The lowest BCUT2D eigenvalue weighted by Crippen LogP contribution is -2.13. The van der Waals surface area contributed by atoms with Crippen LogP contribution in [0.1, 0.15) is 166 Å². The van der Waals surface area contributed by atoms with Gasteiger partial charge < -0.3 is 10.2 Å². The van der Waals surface area contributed by atoms with Crippen molar-refractivity contribution < 1.29 is 10.2 Å². The first kappa shape index (κ1) is 44.6. The first-order chi connectivity index (χ1) is 22.2. The summed E-state index contributed by atoms with van der Waals surface area (Å²) in [6.07, 6.45) is 39.3. The molecule has 266 valence electrons. The van der Waals surface area contributed by atoms with Gasteiger partial charge in [0.05, 0.1) is 12.2 Å². The second-order valence-electron chi connectivity index (χ2n) is 14.6. The number of rotatable bonds is 25. The minimum absolute atomic E-state index is 0.147. The molecule has 0 saturated heterocycles. The third-order valence-electron chi connectivity index (χ3n) is 8.63. The van der Waals surface area contributed by atoms with Crippen molar-refractivity contribution in [1.29, 1.82) is 0 Å². The number of allylic oxidation sites excluding steroid dienone is 16. The lowest BCUT2D eigenvalue weighted by molar-refractivity contribution is 0.133. The van der Waals surface area contributed by atoms with Gasteiger partial charge in [-0.3, -0.25) is 0 Å². The zero-order chi connectivity index (χ0) is 35.5. The van der Waals surface area contributed by atoms with Crippen molar-refractivity contribution in [1.82, 2.24) is 0 Å². The number of aliphatic hydroxyl groups excluding tert-OH is 1. The zero-order valence-corrected chi connectivity index (χ0v) is 32.5. The molecule has 0 saturated carbocycles. The topological polar surface area (TPSA) is 40.5 Å². The fourth-order valence-electron chi connectivity index (χ4n) is 5.31. The van der Waals surface area contributed by atoms with Crippen LogP contribution >= 0.6 is 0 Å². The molecule has 0 aromatic heterocycles. The zero-order valence-electron chi connectivity index (χ0n) is 32.5. The van der Waals surface area contributed by atoms with Crippen molar-refractivity contribution in [2.24, 2.45) is 0 Å². The molecule has 0 aromatic rings. The van der Waals surface area contributed by atoms with Gasteiger partial charge in [0.2, 0.25) is 0 Å². The quantitative estimate of drug-likeness (QED) is 0.0969. The minimum Gasteiger partial charge on any atom is -0.392 e. The molecule has 0 radical (unpaired) electrons. The SMILES string of the molecule is CC(=CCCC(C)=CCCC(C)=CCCC(C)=CCCC(C)=CCCC(C)=CCCC(C)=CCCC(C)=CCO)CC=CC(C)(C)O. The largest absolute Gasteiger partial charge is 0.392 e. The Kier molecular flexibility index (Phi) is 26.1. The van der Waals surface area contributed by atoms with Crippen LogP contribution in [0.25, 0.3) is 0 Å². The maximum Gasteiger partial charge on any atom is 0.0771 e. The summed E-state index contributed by atoms with van der Waals surface area (Å²) in [6, 6.07) is 0. The van der Waals surface area contributed by atoms with E-state index in [9.17, 15) is 5.11 Å². The third kappa shape index (κ3) is 30.7. The average Bonchev–Trinajstić information content (AvgIpc) is 2.96. The lowest BCUT2D eigenvalue weighted by atomic mass is 10.0. The van der Waals surface area contributed by atoms with E-state index in [0.717, 1.165) is 96.3 Å². The van der Waals surface area contributed by atoms with Gasteiger partial charge in [-0.1, -0.05) is 105 Å². The first-order valence-electron chi connectivity index (χ1n) is 18.5. The van der Waals surface area contributed by atoms with E-state index in [1.807, 2.05) is 26.0 Å². The molecule has 0 bridgehead atoms. The molecule has 0 rings (SSSR count). The van der Waals surface area contributed by atoms with Gasteiger partial charge in [-0.15, -0.1) is 0 Å². The molecule has 0 spiro atoms. The van der Waals surface area contributed by atoms with Crippen LogP contribution in [-0.2, 0) is 0 Å². The van der Waals surface area contributed by atoms with E-state index in [0.29, 0.717) is 0 Å². The molecule has 2 heteroatoms. The van der Waals surface area contributed by atoms with Crippen LogP contribution in [0, 0.1) is 0 Å². The van der Waals surface area contributed by atoms with Crippen LogP contribution in [0.2, 0.25) is 0 Å². The van der Waals surface area contributed by atoms with Gasteiger partial charge in [-0.25, -0.2) is 0 Å². The monoisotopic (exact) mass is 647 g/mol. The van der Waals surface area contributed by atoms with E-state index in [-0.39, 0.29) is 6.61 Å². The van der Waals surface area contributed by atoms with E-state index in [4.69, 9.17) is 5.11 Å². The van der Waals surface area contributed by atoms with Gasteiger partial charge in [0.25, 0.3) is 0 Å². The summed E-state index contributed by atoms with van der Waals surface area (Å²) >= 11 is 0. The highest BCUT2D eigenvalue weighted by Gasteiger charge is 2.05. The van der Waals surface area contributed by atoms with Crippen molar-refractivity contribution in [2.75, 3.05) is 6.61 Å². The molecule has 0 unspecified atom stereocenters. The van der Waals surface area contributed by atoms with Gasteiger partial charge in [0, 0.05) is 0 Å². The number of hydrogen-bond acceptors (Lipinski definition) is 2. The number of aliphatic hydroxyl groups is 2. The van der Waals surface area contributed by atoms with Crippen LogP contribution in [-0.4, -0.2) is 22.4 Å². The summed E-state index contributed by atoms with van der Waals surface area (Å²) in [5.74, 6) is 0. The summed E-state index contributed by atoms with van der Waals surface area (Å²) in [7, 11) is 0. The molecule has 2 nitrogen and oxygen atoms in total. The first-order valence-corrected chi connectivity index (χ1v) is 18.5. The van der Waals surface area contributed by atoms with Crippen LogP contribution in [0.3, 0.4) is 0 Å². The Balaban J connectivity index is 4.24. The molecule has 0 heterocycles. The third-order valence-corrected chi connectivity index (χ3v) is 8.63. The Labute approximate surface area is 292 Å². The maximum atomic E-state index is 9.78. The second kappa shape index (κ2) is 27.5. The highest BCUT2D eigenvalue weighted by molar-refractivity contribution is 5.11. The Bertz CT molecular complexity index is 1130. The summed E-state index contributed by atoms with van der Waals surface area (Å²) < 4.78 is 0. The molecule has 47 heavy (non-hydrogen) atoms. The van der Waals surface area contributed by atoms with Crippen molar-refractivity contribution in [3.05, 3.63) is 105 Å². The standard InChI is InChI=1S/C45H74O2/c1-37(21-12-23-39(3)25-14-27-41(5)29-16-31-43(7)33-18-35-45(9,10)47)19-11-20-38(2)22-13-24-40(4)26-15-28-42(6)30-17-32-44(8)34-36-46/h18-19,22-23,26-27,30-31,34-35,46-47H,11-17,20-21,24-25,28-29,32-33,36H2,1-10H3. The summed E-state index contributed by atoms with van der Waals surface area (Å²) in [4.78, 5) is 0. The molecule has 0 aliphatic rings. The molecular formula is C45H74O2. The Morgan fingerprint density at radius 2 is 0.638 bits per heavy atom. The molecule has 0 amide bonds. The predicted molar refractivity (Wildman–Crippen MR) is 212 cm³/mol. The van der Waals surface area contributed by atoms with Gasteiger partial charge in [-0.2, -0.15) is 0 Å². The maximum absolute atomic E-state index is 9.78. The molecule has 0 aromatic carbocycles. The Hall–Kier alpha value is -2.42. The van der Waals surface area contributed by atoms with Crippen LogP contribution in [0.15, 0.2) is 105 Å². The Morgan fingerprint density at radius 3 is 0.872 bits per heavy atom. The smallest absolute Gasteiger partial charge is 0.0771 e. The highest BCUT2D eigenvalue weighted by Crippen LogP contribution is 2.17. The van der Waals surface area contributed by atoms with E-state index < -0.39 is 5.60 Å². The molecule has 0 aliphatic carbocycles. The van der Waals surface area contributed by atoms with E-state index in [2.05, 4.69) is 104 Å². The van der Waals surface area contributed by atoms with Gasteiger partial charge in [-0.05, 0) is 166 Å². The number of hydrogen-bond donors (Lipinski definition) is 2. The summed E-state index contributed by atoms with van der Waals surface area (Å²) in [5, 5.41) is 18.7. The van der Waals surface area contributed by atoms with Crippen LogP contribution in [0.4, 0.5) is 0 Å². The highest BCUT2D eigenvalue weighted by atomic mass is 16.3. The Morgan fingerprint density at radius 1 is 0.404 bits per heavy atom. The molecule has 2 N–H and O–H groups in total. The average molecular weight is 647 g/mol. The van der Waals surface area contributed by atoms with Gasteiger partial charge in [0.15, 0.2) is 0 Å². The fourth-order valence-corrected chi connectivity index (χ4v) is 5.31. The summed E-state index contributed by atoms with van der Waals surface area (Å²) in [6.45, 7) is 21.6. The summed E-state index contributed by atoms with van der Waals surface area (Å²) in [5.41, 5.74) is 10.9. The van der Waals surface area contributed by atoms with Crippen LogP contribution < -0.4 is 0 Å². The molecule has 0 atom stereocenters. The lowest BCUT2D eigenvalue weighted by Gasteiger charge is -2.10. The van der Waals surface area contributed by atoms with Crippen LogP contribution in [0.5, 0.6) is 0 Å². The van der Waals surface area contributed by atoms with Crippen molar-refractivity contribution in [2.45, 2.75) is 171 Å². The fraction of sp³-hybridized carbons (Fsp3) is 0.600.